The molecule has 23 heavy (non-hydrogen) atoms. The third-order valence-corrected chi connectivity index (χ3v) is 6.21. The summed E-state index contributed by atoms with van der Waals surface area (Å²) in [6, 6.07) is 7.57. The zero-order chi connectivity index (χ0) is 16.4. The van der Waals surface area contributed by atoms with Crippen LogP contribution in [-0.2, 0) is 6.42 Å². The fourth-order valence-corrected chi connectivity index (χ4v) is 4.41. The van der Waals surface area contributed by atoms with E-state index < -0.39 is 0 Å². The fraction of sp³-hybridized carbons (Fsp3) is 0.412. The summed E-state index contributed by atoms with van der Waals surface area (Å²) in [6.45, 7) is 4.31. The molecule has 1 aromatic heterocycles. The number of aromatic nitrogens is 2. The molecule has 0 N–H and O–H groups in total. The maximum Gasteiger partial charge on any atom is 0.272 e. The van der Waals surface area contributed by atoms with Gasteiger partial charge in [-0.05, 0) is 30.7 Å². The Labute approximate surface area is 144 Å². The van der Waals surface area contributed by atoms with E-state index in [-0.39, 0.29) is 5.56 Å². The number of benzene rings is 1. The SMILES string of the molecule is CC[C@H](C)Sc1nc2c(c(=O)n1-c1ccc(OC)cc1)SCC2. The van der Waals surface area contributed by atoms with Crippen LogP contribution in [-0.4, -0.2) is 27.7 Å². The summed E-state index contributed by atoms with van der Waals surface area (Å²) in [5, 5.41) is 1.20. The van der Waals surface area contributed by atoms with Crippen molar-refractivity contribution < 1.29 is 4.74 Å². The van der Waals surface area contributed by atoms with Crippen molar-refractivity contribution in [2.45, 2.75) is 42.0 Å². The van der Waals surface area contributed by atoms with Gasteiger partial charge in [0.2, 0.25) is 0 Å². The number of aryl methyl sites for hydroxylation is 1. The number of nitrogens with zero attached hydrogens (tertiary/aromatic N) is 2. The second kappa shape index (κ2) is 7.01. The first-order chi connectivity index (χ1) is 11.1. The van der Waals surface area contributed by atoms with Gasteiger partial charge in [-0.3, -0.25) is 9.36 Å². The number of thioether (sulfide) groups is 2. The van der Waals surface area contributed by atoms with Crippen LogP contribution in [0.3, 0.4) is 0 Å². The third-order valence-electron chi connectivity index (χ3n) is 3.88. The molecule has 1 aliphatic heterocycles. The minimum atomic E-state index is 0.0495. The molecule has 0 radical (unpaired) electrons. The van der Waals surface area contributed by atoms with Crippen molar-refractivity contribution in [3.63, 3.8) is 0 Å². The van der Waals surface area contributed by atoms with E-state index in [9.17, 15) is 4.79 Å². The van der Waals surface area contributed by atoms with Crippen molar-refractivity contribution in [1.29, 1.82) is 0 Å². The Hall–Kier alpha value is -1.40. The van der Waals surface area contributed by atoms with Gasteiger partial charge in [0.15, 0.2) is 5.16 Å². The van der Waals surface area contributed by atoms with E-state index in [1.165, 1.54) is 0 Å². The number of ether oxygens (including phenoxy) is 1. The second-order valence-electron chi connectivity index (χ2n) is 5.44. The summed E-state index contributed by atoms with van der Waals surface area (Å²) < 4.78 is 6.95. The number of hydrogen-bond acceptors (Lipinski definition) is 5. The molecule has 6 heteroatoms. The summed E-state index contributed by atoms with van der Waals surface area (Å²) in [5.41, 5.74) is 1.84. The van der Waals surface area contributed by atoms with Crippen molar-refractivity contribution in [3.8, 4) is 11.4 Å². The average Bonchev–Trinajstić information content (AvgIpc) is 3.04. The molecule has 1 aliphatic rings. The average molecular weight is 348 g/mol. The molecule has 4 nitrogen and oxygen atoms in total. The van der Waals surface area contributed by atoms with E-state index in [0.717, 1.165) is 45.8 Å². The predicted molar refractivity (Wildman–Crippen MR) is 96.4 cm³/mol. The van der Waals surface area contributed by atoms with Crippen LogP contribution in [0.5, 0.6) is 5.75 Å². The lowest BCUT2D eigenvalue weighted by molar-refractivity contribution is 0.414. The second-order valence-corrected chi connectivity index (χ2v) is 7.95. The number of fused-ring (bicyclic) bond motifs is 1. The summed E-state index contributed by atoms with van der Waals surface area (Å²) in [5.74, 6) is 1.72. The molecule has 0 spiro atoms. The highest BCUT2D eigenvalue weighted by Crippen LogP contribution is 2.32. The lowest BCUT2D eigenvalue weighted by atomic mass is 10.3. The Morgan fingerprint density at radius 3 is 2.78 bits per heavy atom. The van der Waals surface area contributed by atoms with E-state index in [4.69, 9.17) is 9.72 Å². The van der Waals surface area contributed by atoms with Crippen LogP contribution in [0.1, 0.15) is 26.0 Å². The molecule has 0 aliphatic carbocycles. The maximum atomic E-state index is 13.0. The van der Waals surface area contributed by atoms with Gasteiger partial charge in [0.1, 0.15) is 5.75 Å². The first-order valence-electron chi connectivity index (χ1n) is 7.73. The first kappa shape index (κ1) is 16.5. The summed E-state index contributed by atoms with van der Waals surface area (Å²) in [4.78, 5) is 18.6. The Bertz CT molecular complexity index is 756. The smallest absolute Gasteiger partial charge is 0.272 e. The van der Waals surface area contributed by atoms with Crippen molar-refractivity contribution in [3.05, 3.63) is 40.3 Å². The van der Waals surface area contributed by atoms with E-state index in [1.807, 2.05) is 24.3 Å². The molecule has 0 amide bonds. The molecule has 0 unspecified atom stereocenters. The van der Waals surface area contributed by atoms with Crippen LogP contribution in [0.15, 0.2) is 39.1 Å². The number of methoxy groups -OCH3 is 1. The molecule has 2 aromatic rings. The largest absolute Gasteiger partial charge is 0.497 e. The van der Waals surface area contributed by atoms with E-state index in [2.05, 4.69) is 13.8 Å². The Morgan fingerprint density at radius 1 is 1.39 bits per heavy atom. The summed E-state index contributed by atoms with van der Waals surface area (Å²) in [6.07, 6.45) is 1.92. The summed E-state index contributed by atoms with van der Waals surface area (Å²) >= 11 is 3.28. The Morgan fingerprint density at radius 2 is 2.13 bits per heavy atom. The Balaban J connectivity index is 2.14. The topological polar surface area (TPSA) is 44.1 Å². The van der Waals surface area contributed by atoms with Gasteiger partial charge in [0.25, 0.3) is 5.56 Å². The van der Waals surface area contributed by atoms with E-state index >= 15 is 0 Å². The van der Waals surface area contributed by atoms with Crippen molar-refractivity contribution in [1.82, 2.24) is 9.55 Å². The van der Waals surface area contributed by atoms with Crippen LogP contribution in [0.25, 0.3) is 5.69 Å². The van der Waals surface area contributed by atoms with Gasteiger partial charge < -0.3 is 4.74 Å². The molecule has 0 saturated heterocycles. The molecule has 1 aromatic carbocycles. The highest BCUT2D eigenvalue weighted by atomic mass is 32.2. The predicted octanol–water partition coefficient (Wildman–Crippen LogP) is 3.78. The minimum absolute atomic E-state index is 0.0495. The van der Waals surface area contributed by atoms with Crippen molar-refractivity contribution in [2.24, 2.45) is 0 Å². The monoisotopic (exact) mass is 348 g/mol. The quantitative estimate of drug-likeness (QED) is 0.608. The van der Waals surface area contributed by atoms with Crippen molar-refractivity contribution >= 4 is 23.5 Å². The van der Waals surface area contributed by atoms with Gasteiger partial charge in [-0.25, -0.2) is 4.98 Å². The van der Waals surface area contributed by atoms with Gasteiger partial charge >= 0.3 is 0 Å². The van der Waals surface area contributed by atoms with Gasteiger partial charge in [0.05, 0.1) is 23.4 Å². The van der Waals surface area contributed by atoms with Crippen LogP contribution in [0.2, 0.25) is 0 Å². The highest BCUT2D eigenvalue weighted by Gasteiger charge is 2.23. The maximum absolute atomic E-state index is 13.0. The lowest BCUT2D eigenvalue weighted by Gasteiger charge is -2.16. The van der Waals surface area contributed by atoms with Gasteiger partial charge in [0, 0.05) is 17.4 Å². The first-order valence-corrected chi connectivity index (χ1v) is 9.60. The van der Waals surface area contributed by atoms with Gasteiger partial charge in [-0.15, -0.1) is 11.8 Å². The van der Waals surface area contributed by atoms with Crippen LogP contribution in [0, 0.1) is 0 Å². The molecule has 122 valence electrons. The minimum Gasteiger partial charge on any atom is -0.497 e. The van der Waals surface area contributed by atoms with Crippen LogP contribution >= 0.6 is 23.5 Å². The standard InChI is InChI=1S/C17H20N2O2S2/c1-4-11(2)23-17-18-14-9-10-22-15(14)16(20)19(17)12-5-7-13(21-3)8-6-12/h5-8,11H,4,9-10H2,1-3H3/t11-/m0/s1. The van der Waals surface area contributed by atoms with Crippen LogP contribution < -0.4 is 10.3 Å². The molecular weight excluding hydrogens is 328 g/mol. The van der Waals surface area contributed by atoms with Crippen LogP contribution in [0.4, 0.5) is 0 Å². The number of hydrogen-bond donors (Lipinski definition) is 0. The highest BCUT2D eigenvalue weighted by molar-refractivity contribution is 8.00. The van der Waals surface area contributed by atoms with Gasteiger partial charge in [-0.1, -0.05) is 25.6 Å². The van der Waals surface area contributed by atoms with E-state index in [0.29, 0.717) is 5.25 Å². The summed E-state index contributed by atoms with van der Waals surface area (Å²) in [7, 11) is 1.64. The fourth-order valence-electron chi connectivity index (χ4n) is 2.39. The van der Waals surface area contributed by atoms with Gasteiger partial charge in [-0.2, -0.15) is 0 Å². The normalized spacial score (nSPS) is 14.6. The zero-order valence-corrected chi connectivity index (χ0v) is 15.2. The molecule has 0 bridgehead atoms. The Kier molecular flexibility index (Phi) is 5.02. The van der Waals surface area contributed by atoms with Crippen molar-refractivity contribution in [2.75, 3.05) is 12.9 Å². The molecule has 1 atom stereocenters. The van der Waals surface area contributed by atoms with E-state index in [1.54, 1.807) is 35.2 Å². The molecule has 2 heterocycles. The number of rotatable bonds is 5. The third kappa shape index (κ3) is 3.28. The zero-order valence-electron chi connectivity index (χ0n) is 13.5. The lowest BCUT2D eigenvalue weighted by Crippen LogP contribution is -2.24. The molecule has 3 rings (SSSR count). The molecule has 0 saturated carbocycles. The molecule has 0 fully saturated rings. The molecular formula is C17H20N2O2S2.